The molecule has 8 heteroatoms. The van der Waals surface area contributed by atoms with Crippen LogP contribution in [-0.4, -0.2) is 30.6 Å². The second-order valence-electron chi connectivity index (χ2n) is 4.78. The maximum Gasteiger partial charge on any atom is 0.330 e. The quantitative estimate of drug-likeness (QED) is 0.661. The number of nitrogens with zero attached hydrogens (tertiary/aromatic N) is 4. The number of aromatic nitrogens is 4. The molecule has 0 saturated carbocycles. The van der Waals surface area contributed by atoms with Crippen molar-refractivity contribution in [3.63, 3.8) is 0 Å². The summed E-state index contributed by atoms with van der Waals surface area (Å²) in [6.45, 7) is 0. The Kier molecular flexibility index (Phi) is 3.34. The van der Waals surface area contributed by atoms with Crippen molar-refractivity contribution in [3.8, 4) is 0 Å². The number of carboxylic acids is 1. The number of hydrogen-bond donors (Lipinski definition) is 3. The number of benzene rings is 1. The maximum absolute atomic E-state index is 11.6. The predicted octanol–water partition coefficient (Wildman–Crippen LogP) is 1.18. The summed E-state index contributed by atoms with van der Waals surface area (Å²) in [5, 5.41) is 12.4. The van der Waals surface area contributed by atoms with Gasteiger partial charge in [0.15, 0.2) is 23.0 Å². The number of nitrogens with two attached hydrogens (primary N) is 1. The molecular formula is C14H14N6O2. The molecule has 1 aromatic carbocycles. The van der Waals surface area contributed by atoms with Gasteiger partial charge in [-0.3, -0.25) is 0 Å². The number of imidazole rings is 1. The zero-order valence-corrected chi connectivity index (χ0v) is 11.8. The highest BCUT2D eigenvalue weighted by molar-refractivity contribution is 5.87. The first kappa shape index (κ1) is 13.8. The Hall–Kier alpha value is -3.16. The minimum Gasteiger partial charge on any atom is -0.479 e. The largest absolute Gasteiger partial charge is 0.479 e. The van der Waals surface area contributed by atoms with E-state index in [1.165, 1.54) is 0 Å². The molecule has 112 valence electrons. The molecule has 0 amide bonds. The summed E-state index contributed by atoms with van der Waals surface area (Å²) in [7, 11) is 1.78. The van der Waals surface area contributed by atoms with Gasteiger partial charge in [0.2, 0.25) is 5.95 Å². The lowest BCUT2D eigenvalue weighted by molar-refractivity contribution is -0.138. The van der Waals surface area contributed by atoms with Crippen LogP contribution in [0.25, 0.3) is 11.2 Å². The Morgan fingerprint density at radius 2 is 2.05 bits per heavy atom. The molecule has 1 unspecified atom stereocenters. The van der Waals surface area contributed by atoms with Crippen LogP contribution in [0, 0.1) is 0 Å². The lowest BCUT2D eigenvalue weighted by Gasteiger charge is -2.15. The van der Waals surface area contributed by atoms with Crippen molar-refractivity contribution in [1.82, 2.24) is 19.5 Å². The third-order valence-electron chi connectivity index (χ3n) is 3.24. The van der Waals surface area contributed by atoms with Crippen molar-refractivity contribution in [3.05, 3.63) is 42.2 Å². The summed E-state index contributed by atoms with van der Waals surface area (Å²) in [5.74, 6) is -0.678. The number of aliphatic carboxylic acids is 1. The number of nitrogen functional groups attached to an aromatic ring is 1. The summed E-state index contributed by atoms with van der Waals surface area (Å²) < 4.78 is 1.69. The molecule has 0 aliphatic carbocycles. The Morgan fingerprint density at radius 1 is 1.32 bits per heavy atom. The average molecular weight is 298 g/mol. The van der Waals surface area contributed by atoms with E-state index in [0.717, 1.165) is 0 Å². The Balaban J connectivity index is 2.06. The van der Waals surface area contributed by atoms with Crippen LogP contribution in [0.2, 0.25) is 0 Å². The number of rotatable bonds is 4. The summed E-state index contributed by atoms with van der Waals surface area (Å²) in [4.78, 5) is 23.9. The number of nitrogens with one attached hydrogen (secondary N) is 1. The fourth-order valence-corrected chi connectivity index (χ4v) is 2.19. The Morgan fingerprint density at radius 3 is 2.73 bits per heavy atom. The van der Waals surface area contributed by atoms with Gasteiger partial charge in [0.05, 0.1) is 6.33 Å². The minimum atomic E-state index is -1.02. The van der Waals surface area contributed by atoms with E-state index in [4.69, 9.17) is 5.73 Å². The van der Waals surface area contributed by atoms with Crippen LogP contribution in [0.4, 0.5) is 11.8 Å². The smallest absolute Gasteiger partial charge is 0.330 e. The molecule has 0 bridgehead atoms. The number of aryl methyl sites for hydroxylation is 1. The van der Waals surface area contributed by atoms with E-state index in [1.807, 2.05) is 6.07 Å². The van der Waals surface area contributed by atoms with Gasteiger partial charge in [0.25, 0.3) is 0 Å². The van der Waals surface area contributed by atoms with Crippen molar-refractivity contribution in [2.75, 3.05) is 11.1 Å². The number of fused-ring (bicyclic) bond motifs is 1. The molecule has 2 aromatic heterocycles. The fourth-order valence-electron chi connectivity index (χ4n) is 2.19. The van der Waals surface area contributed by atoms with Gasteiger partial charge in [-0.05, 0) is 5.56 Å². The summed E-state index contributed by atoms with van der Waals surface area (Å²) >= 11 is 0. The molecule has 0 fully saturated rings. The third-order valence-corrected chi connectivity index (χ3v) is 3.24. The van der Waals surface area contributed by atoms with E-state index in [1.54, 1.807) is 42.2 Å². The van der Waals surface area contributed by atoms with E-state index >= 15 is 0 Å². The predicted molar refractivity (Wildman–Crippen MR) is 81.2 cm³/mol. The number of hydrogen-bond acceptors (Lipinski definition) is 6. The van der Waals surface area contributed by atoms with Crippen molar-refractivity contribution in [2.24, 2.45) is 7.05 Å². The first-order valence-electron chi connectivity index (χ1n) is 6.55. The second kappa shape index (κ2) is 5.32. The topological polar surface area (TPSA) is 119 Å². The zero-order valence-electron chi connectivity index (χ0n) is 11.8. The van der Waals surface area contributed by atoms with Gasteiger partial charge in [0.1, 0.15) is 0 Å². The molecule has 0 aliphatic heterocycles. The van der Waals surface area contributed by atoms with Gasteiger partial charge in [-0.25, -0.2) is 9.78 Å². The highest BCUT2D eigenvalue weighted by Crippen LogP contribution is 2.24. The average Bonchev–Trinajstić information content (AvgIpc) is 2.86. The van der Waals surface area contributed by atoms with Crippen molar-refractivity contribution in [1.29, 1.82) is 0 Å². The highest BCUT2D eigenvalue weighted by Gasteiger charge is 2.22. The van der Waals surface area contributed by atoms with E-state index < -0.39 is 12.0 Å². The van der Waals surface area contributed by atoms with Gasteiger partial charge in [-0.1, -0.05) is 30.3 Å². The first-order valence-corrected chi connectivity index (χ1v) is 6.55. The Labute approximate surface area is 125 Å². The molecule has 0 aliphatic rings. The van der Waals surface area contributed by atoms with Crippen LogP contribution < -0.4 is 11.1 Å². The number of carbonyl (C=O) groups is 1. The SMILES string of the molecule is Cn1cnc2c(NC(C(=O)O)c3ccccc3)nc(N)nc21. The lowest BCUT2D eigenvalue weighted by Crippen LogP contribution is -2.21. The molecule has 0 radical (unpaired) electrons. The van der Waals surface area contributed by atoms with Gasteiger partial charge >= 0.3 is 5.97 Å². The van der Waals surface area contributed by atoms with Crippen LogP contribution in [-0.2, 0) is 11.8 Å². The van der Waals surface area contributed by atoms with Crippen LogP contribution in [0.15, 0.2) is 36.7 Å². The fraction of sp³-hybridized carbons (Fsp3) is 0.143. The monoisotopic (exact) mass is 298 g/mol. The molecule has 4 N–H and O–H groups in total. The third kappa shape index (κ3) is 2.41. The maximum atomic E-state index is 11.6. The van der Waals surface area contributed by atoms with Crippen LogP contribution in [0.5, 0.6) is 0 Å². The highest BCUT2D eigenvalue weighted by atomic mass is 16.4. The zero-order chi connectivity index (χ0) is 15.7. The van der Waals surface area contributed by atoms with Crippen molar-refractivity contribution in [2.45, 2.75) is 6.04 Å². The van der Waals surface area contributed by atoms with E-state index in [0.29, 0.717) is 22.5 Å². The lowest BCUT2D eigenvalue weighted by atomic mass is 10.1. The molecule has 3 aromatic rings. The van der Waals surface area contributed by atoms with Crippen LogP contribution in [0.3, 0.4) is 0 Å². The van der Waals surface area contributed by atoms with Gasteiger partial charge < -0.3 is 20.7 Å². The van der Waals surface area contributed by atoms with E-state index in [9.17, 15) is 9.90 Å². The number of carboxylic acid groups (broad SMARTS) is 1. The standard InChI is InChI=1S/C14H14N6O2/c1-20-7-16-10-11(18-14(15)19-12(10)20)17-9(13(21)22)8-5-3-2-4-6-8/h2-7,9H,1H3,(H,21,22)(H3,15,17,18,19). The summed E-state index contributed by atoms with van der Waals surface area (Å²) in [5.41, 5.74) is 7.31. The van der Waals surface area contributed by atoms with E-state index in [2.05, 4.69) is 20.3 Å². The van der Waals surface area contributed by atoms with Crippen molar-refractivity contribution < 1.29 is 9.90 Å². The molecule has 1 atom stereocenters. The summed E-state index contributed by atoms with van der Waals surface area (Å²) in [6.07, 6.45) is 1.57. The van der Waals surface area contributed by atoms with Crippen LogP contribution >= 0.6 is 0 Å². The minimum absolute atomic E-state index is 0.0517. The molecule has 8 nitrogen and oxygen atoms in total. The molecule has 0 saturated heterocycles. The molecule has 22 heavy (non-hydrogen) atoms. The van der Waals surface area contributed by atoms with Gasteiger partial charge in [-0.15, -0.1) is 0 Å². The van der Waals surface area contributed by atoms with Crippen molar-refractivity contribution >= 4 is 28.9 Å². The summed E-state index contributed by atoms with van der Waals surface area (Å²) in [6, 6.07) is 7.87. The first-order chi connectivity index (χ1) is 10.6. The molecule has 0 spiro atoms. The van der Waals surface area contributed by atoms with E-state index in [-0.39, 0.29) is 5.95 Å². The Bertz CT molecular complexity index is 830. The van der Waals surface area contributed by atoms with Gasteiger partial charge in [0, 0.05) is 7.05 Å². The normalized spacial score (nSPS) is 12.2. The second-order valence-corrected chi connectivity index (χ2v) is 4.78. The molecular weight excluding hydrogens is 284 g/mol. The van der Waals surface area contributed by atoms with Crippen LogP contribution in [0.1, 0.15) is 11.6 Å². The number of anilines is 2. The molecule has 3 rings (SSSR count). The van der Waals surface area contributed by atoms with Gasteiger partial charge in [-0.2, -0.15) is 9.97 Å². The molecule has 2 heterocycles.